The maximum atomic E-state index is 13.2. The fourth-order valence-electron chi connectivity index (χ4n) is 7.01. The van der Waals surface area contributed by atoms with E-state index in [9.17, 15) is 19.5 Å². The molecule has 2 aromatic heterocycles. The number of H-pyrrole nitrogens is 1. The van der Waals surface area contributed by atoms with Gasteiger partial charge in [-0.05, 0) is 43.7 Å². The number of hydrogen-bond acceptors (Lipinski definition) is 11. The minimum atomic E-state index is -0.561. The molecule has 11 nitrogen and oxygen atoms in total. The third-order valence-corrected chi connectivity index (χ3v) is 12.0. The van der Waals surface area contributed by atoms with Crippen LogP contribution in [0.15, 0.2) is 22.3 Å². The zero-order valence-corrected chi connectivity index (χ0v) is 31.1. The number of benzene rings is 1. The summed E-state index contributed by atoms with van der Waals surface area (Å²) in [6.07, 6.45) is 8.47. The number of likely N-dealkylation sites (tertiary alicyclic amines) is 1. The van der Waals surface area contributed by atoms with E-state index in [1.165, 1.54) is 31.7 Å². The van der Waals surface area contributed by atoms with E-state index in [-0.39, 0.29) is 27.5 Å². The van der Waals surface area contributed by atoms with Gasteiger partial charge in [-0.25, -0.2) is 4.98 Å². The summed E-state index contributed by atoms with van der Waals surface area (Å²) in [5.41, 5.74) is 1.50. The highest BCUT2D eigenvalue weighted by atomic mass is 32.1. The molecule has 2 aliphatic rings. The van der Waals surface area contributed by atoms with Gasteiger partial charge in [0.2, 0.25) is 0 Å². The van der Waals surface area contributed by atoms with Crippen LogP contribution in [0.4, 0.5) is 0 Å². The minimum Gasteiger partial charge on any atom is -0.506 e. The molecular formula is C36H53N5O6S2. The van der Waals surface area contributed by atoms with Crippen molar-refractivity contribution >= 4 is 45.3 Å². The number of amides is 1. The molecule has 2 aliphatic heterocycles. The first kappa shape index (κ1) is 37.4. The molecule has 0 aliphatic carbocycles. The molecule has 2 saturated heterocycles. The van der Waals surface area contributed by atoms with Gasteiger partial charge in [0.25, 0.3) is 12.4 Å². The third kappa shape index (κ3) is 9.90. The molecule has 4 heterocycles. The number of aromatic nitrogens is 2. The highest BCUT2D eigenvalue weighted by Gasteiger charge is 2.41. The predicted molar refractivity (Wildman–Crippen MR) is 195 cm³/mol. The number of aromatic amines is 1. The Morgan fingerprint density at radius 2 is 1.94 bits per heavy atom. The second kappa shape index (κ2) is 16.9. The lowest BCUT2D eigenvalue weighted by Crippen LogP contribution is -2.58. The Hall–Kier alpha value is -2.84. The number of hydrogen-bond donors (Lipinski definition) is 3. The molecule has 0 unspecified atom stereocenters. The van der Waals surface area contributed by atoms with E-state index in [0.717, 1.165) is 68.2 Å². The fraction of sp³-hybridized carbons (Fsp3) is 0.667. The monoisotopic (exact) mass is 715 g/mol. The van der Waals surface area contributed by atoms with Gasteiger partial charge in [-0.3, -0.25) is 14.4 Å². The summed E-state index contributed by atoms with van der Waals surface area (Å²) < 4.78 is 12.3. The third-order valence-electron chi connectivity index (χ3n) is 9.95. The van der Waals surface area contributed by atoms with Crippen LogP contribution in [0.25, 0.3) is 10.2 Å². The Kier molecular flexibility index (Phi) is 12.9. The van der Waals surface area contributed by atoms with Gasteiger partial charge in [0.1, 0.15) is 23.1 Å². The van der Waals surface area contributed by atoms with Gasteiger partial charge < -0.3 is 34.7 Å². The number of aromatic hydroxyl groups is 1. The van der Waals surface area contributed by atoms with Crippen molar-refractivity contribution in [3.8, 4) is 5.75 Å². The van der Waals surface area contributed by atoms with Crippen LogP contribution >= 0.6 is 22.7 Å². The standard InChI is InChI=1S/C36H53N5O6S2/c1-25(2)32-38-27(21-48-32)33(44)41-18-19-47-36(23-41)13-16-40(17-14-36)15-9-7-5-6-8-12-35(3,4)22-37-20-29(46-24-42)26-10-11-28(43)30-31(26)49-34(45)39-30/h10-11,21,24-25,29,37,43H,5-9,12-20,22-23H2,1-4H3,(H,39,45)/t29-/m0/s1. The summed E-state index contributed by atoms with van der Waals surface area (Å²) in [5.74, 6) is 0.369. The number of piperidine rings is 1. The summed E-state index contributed by atoms with van der Waals surface area (Å²) in [7, 11) is 0. The number of ether oxygens (including phenoxy) is 2. The van der Waals surface area contributed by atoms with Gasteiger partial charge in [-0.15, -0.1) is 11.3 Å². The van der Waals surface area contributed by atoms with Crippen LogP contribution in [0.5, 0.6) is 5.75 Å². The van der Waals surface area contributed by atoms with E-state index in [1.807, 2.05) is 10.3 Å². The van der Waals surface area contributed by atoms with Crippen molar-refractivity contribution in [2.45, 2.75) is 96.7 Å². The first-order chi connectivity index (χ1) is 23.5. The zero-order valence-electron chi connectivity index (χ0n) is 29.4. The number of rotatable bonds is 17. The Bertz CT molecular complexity index is 1590. The number of phenolic OH excluding ortho intramolecular Hbond substituents is 1. The van der Waals surface area contributed by atoms with Gasteiger partial charge in [-0.1, -0.05) is 70.8 Å². The van der Waals surface area contributed by atoms with Crippen LogP contribution in [-0.4, -0.2) is 95.3 Å². The highest BCUT2D eigenvalue weighted by molar-refractivity contribution is 7.16. The van der Waals surface area contributed by atoms with Crippen LogP contribution in [0.3, 0.4) is 0 Å². The number of morpholine rings is 1. The van der Waals surface area contributed by atoms with E-state index < -0.39 is 6.10 Å². The number of fused-ring (bicyclic) bond motifs is 1. The highest BCUT2D eigenvalue weighted by Crippen LogP contribution is 2.34. The molecule has 13 heteroatoms. The lowest BCUT2D eigenvalue weighted by Gasteiger charge is -2.47. The maximum absolute atomic E-state index is 13.2. The second-order valence-corrected chi connectivity index (χ2v) is 16.6. The molecular weight excluding hydrogens is 663 g/mol. The number of thiazole rings is 2. The maximum Gasteiger partial charge on any atom is 0.305 e. The summed E-state index contributed by atoms with van der Waals surface area (Å²) in [6, 6.07) is 3.23. The molecule has 2 fully saturated rings. The number of phenols is 1. The van der Waals surface area contributed by atoms with Gasteiger partial charge in [-0.2, -0.15) is 0 Å². The molecule has 0 bridgehead atoms. The lowest BCUT2D eigenvalue weighted by atomic mass is 9.86. The minimum absolute atomic E-state index is 0.000492. The van der Waals surface area contributed by atoms with Crippen molar-refractivity contribution in [3.63, 3.8) is 0 Å². The van der Waals surface area contributed by atoms with Crippen LogP contribution < -0.4 is 10.2 Å². The molecule has 3 N–H and O–H groups in total. The second-order valence-electron chi connectivity index (χ2n) is 14.8. The van der Waals surface area contributed by atoms with Crippen molar-refractivity contribution in [1.82, 2.24) is 25.1 Å². The first-order valence-corrected chi connectivity index (χ1v) is 19.4. The normalized spacial score (nSPS) is 17.6. The summed E-state index contributed by atoms with van der Waals surface area (Å²) >= 11 is 2.58. The predicted octanol–water partition coefficient (Wildman–Crippen LogP) is 6.05. The largest absolute Gasteiger partial charge is 0.506 e. The van der Waals surface area contributed by atoms with Crippen molar-refractivity contribution in [2.24, 2.45) is 5.41 Å². The molecule has 1 spiro atoms. The number of unbranched alkanes of at least 4 members (excludes halogenated alkanes) is 4. The molecule has 3 aromatic rings. The van der Waals surface area contributed by atoms with E-state index in [0.29, 0.717) is 60.1 Å². The summed E-state index contributed by atoms with van der Waals surface area (Å²) in [4.78, 5) is 47.9. The molecule has 0 saturated carbocycles. The molecule has 1 amide bonds. The quantitative estimate of drug-likeness (QED) is 0.113. The zero-order chi connectivity index (χ0) is 35.0. The van der Waals surface area contributed by atoms with E-state index in [1.54, 1.807) is 17.4 Å². The molecule has 1 aromatic carbocycles. The Balaban J connectivity index is 0.951. The van der Waals surface area contributed by atoms with E-state index in [4.69, 9.17) is 9.47 Å². The Labute approximate surface area is 297 Å². The lowest BCUT2D eigenvalue weighted by molar-refractivity contribution is -0.133. The number of nitrogens with one attached hydrogen (secondary N) is 2. The van der Waals surface area contributed by atoms with Crippen molar-refractivity contribution in [2.75, 3.05) is 52.4 Å². The van der Waals surface area contributed by atoms with E-state index >= 15 is 0 Å². The summed E-state index contributed by atoms with van der Waals surface area (Å²) in [5, 5.41) is 16.5. The SMILES string of the molecule is CC(C)c1nc(C(=O)N2CCOC3(CCN(CCCCCCCC(C)(C)CNC[C@H](OC=O)c4ccc(O)c5[nH]c(=O)sc45)CC3)C2)cs1. The molecule has 5 rings (SSSR count). The van der Waals surface area contributed by atoms with Crippen LogP contribution in [-0.2, 0) is 14.3 Å². The van der Waals surface area contributed by atoms with Crippen molar-refractivity contribution < 1.29 is 24.2 Å². The first-order valence-electron chi connectivity index (χ1n) is 17.7. The molecule has 1 atom stereocenters. The number of carbonyl (C=O) groups is 2. The van der Waals surface area contributed by atoms with Crippen molar-refractivity contribution in [1.29, 1.82) is 0 Å². The topological polar surface area (TPSA) is 137 Å². The van der Waals surface area contributed by atoms with E-state index in [2.05, 4.69) is 47.9 Å². The van der Waals surface area contributed by atoms with Gasteiger partial charge in [0, 0.05) is 49.6 Å². The van der Waals surface area contributed by atoms with Crippen LogP contribution in [0, 0.1) is 5.41 Å². The van der Waals surface area contributed by atoms with Crippen molar-refractivity contribution in [3.05, 3.63) is 43.4 Å². The Morgan fingerprint density at radius 3 is 2.67 bits per heavy atom. The number of carbonyl (C=O) groups excluding carboxylic acids is 2. The summed E-state index contributed by atoms with van der Waals surface area (Å²) in [6.45, 7) is 15.4. The van der Waals surface area contributed by atoms with Crippen LogP contribution in [0.2, 0.25) is 0 Å². The molecule has 270 valence electrons. The average molecular weight is 716 g/mol. The average Bonchev–Trinajstić information content (AvgIpc) is 3.73. The van der Waals surface area contributed by atoms with Gasteiger partial charge in [0.15, 0.2) is 0 Å². The number of nitrogens with zero attached hydrogens (tertiary/aromatic N) is 3. The smallest absolute Gasteiger partial charge is 0.305 e. The van der Waals surface area contributed by atoms with Gasteiger partial charge >= 0.3 is 4.87 Å². The fourth-order valence-corrected chi connectivity index (χ4v) is 8.73. The van der Waals surface area contributed by atoms with Crippen LogP contribution in [0.1, 0.15) is 112 Å². The molecule has 49 heavy (non-hydrogen) atoms. The van der Waals surface area contributed by atoms with Gasteiger partial charge in [0.05, 0.1) is 28.5 Å². The Morgan fingerprint density at radius 1 is 1.18 bits per heavy atom. The molecule has 0 radical (unpaired) electrons.